The summed E-state index contributed by atoms with van der Waals surface area (Å²) in [6.07, 6.45) is 4.99. The minimum absolute atomic E-state index is 0.0162. The number of carbonyl (C=O) groups is 1. The molecule has 1 aromatic rings. The molecule has 38 heavy (non-hydrogen) atoms. The van der Waals surface area contributed by atoms with Crippen molar-refractivity contribution in [3.63, 3.8) is 0 Å². The molecule has 11 unspecified atom stereocenters. The molecule has 0 radical (unpaired) electrons. The highest BCUT2D eigenvalue weighted by Crippen LogP contribution is 2.68. The van der Waals surface area contributed by atoms with E-state index in [2.05, 4.69) is 26.1 Å². The largest absolute Gasteiger partial charge is 0.393 e. The number of halogens is 3. The van der Waals surface area contributed by atoms with Gasteiger partial charge in [-0.3, -0.25) is 4.79 Å². The van der Waals surface area contributed by atoms with Gasteiger partial charge in [0.25, 0.3) is 0 Å². The summed E-state index contributed by atoms with van der Waals surface area (Å²) >= 11 is 0. The van der Waals surface area contributed by atoms with Crippen LogP contribution in [0.2, 0.25) is 0 Å². The Morgan fingerprint density at radius 3 is 2.50 bits per heavy atom. The van der Waals surface area contributed by atoms with E-state index in [0.717, 1.165) is 44.2 Å². The molecule has 4 saturated carbocycles. The Labute approximate surface area is 223 Å². The zero-order valence-electron chi connectivity index (χ0n) is 22.6. The fourth-order valence-corrected chi connectivity index (χ4v) is 9.53. The van der Waals surface area contributed by atoms with E-state index in [4.69, 9.17) is 0 Å². The number of hydrogen-bond donors (Lipinski definition) is 4. The highest BCUT2D eigenvalue weighted by molar-refractivity contribution is 5.90. The quantitative estimate of drug-likeness (QED) is 0.378. The molecule has 5 nitrogen and oxygen atoms in total. The topological polar surface area (TPSA) is 89.8 Å². The number of fused-ring (bicyclic) bond motifs is 5. The van der Waals surface area contributed by atoms with Gasteiger partial charge in [0.05, 0.1) is 24.0 Å². The maximum atomic E-state index is 14.0. The van der Waals surface area contributed by atoms with Crippen molar-refractivity contribution < 1.29 is 33.3 Å². The van der Waals surface area contributed by atoms with E-state index in [-0.39, 0.29) is 64.5 Å². The van der Waals surface area contributed by atoms with Crippen LogP contribution in [0.25, 0.3) is 0 Å². The van der Waals surface area contributed by atoms with E-state index in [1.807, 2.05) is 0 Å². The number of hydrogen-bond acceptors (Lipinski definition) is 4. The Hall–Kier alpha value is -1.64. The van der Waals surface area contributed by atoms with Crippen LogP contribution in [-0.4, -0.2) is 39.5 Å². The molecule has 4 fully saturated rings. The molecule has 4 N–H and O–H groups in total. The maximum absolute atomic E-state index is 14.0. The number of amides is 1. The van der Waals surface area contributed by atoms with E-state index in [1.165, 1.54) is 0 Å². The first-order valence-electron chi connectivity index (χ1n) is 14.4. The van der Waals surface area contributed by atoms with Crippen molar-refractivity contribution in [1.82, 2.24) is 0 Å². The number of aliphatic hydroxyl groups excluding tert-OH is 3. The molecule has 0 saturated heterocycles. The van der Waals surface area contributed by atoms with Crippen LogP contribution in [0.4, 0.5) is 18.9 Å². The summed E-state index contributed by atoms with van der Waals surface area (Å²) in [7, 11) is 0. The highest BCUT2D eigenvalue weighted by Gasteiger charge is 2.65. The van der Waals surface area contributed by atoms with Crippen molar-refractivity contribution in [2.45, 2.75) is 96.9 Å². The Balaban J connectivity index is 1.27. The van der Waals surface area contributed by atoms with Crippen LogP contribution in [-0.2, 0) is 4.79 Å². The highest BCUT2D eigenvalue weighted by atomic mass is 19.2. The SMILES string of the molecule is CC(CCC(=O)Nc1ccc(F)c(F)c1F)C1CCC2C3C(O)CC4CC(O)CCC4(C)C3CC(O)C12C. The standard InChI is InChI=1S/C30H42F3NO4/c1-15(4-9-25(38)34-22-8-7-21(31)27(32)28(22)33)18-5-6-19-26-20(14-24(37)30(18,19)3)29(2)11-10-17(35)12-16(29)13-23(26)36/h7-8,15-20,23-24,26,35-37H,4-6,9-14H2,1-3H3,(H,34,38). The van der Waals surface area contributed by atoms with Crippen molar-refractivity contribution >= 4 is 11.6 Å². The average Bonchev–Trinajstić information content (AvgIpc) is 3.23. The van der Waals surface area contributed by atoms with Crippen LogP contribution in [0.1, 0.15) is 78.6 Å². The minimum atomic E-state index is -1.61. The lowest BCUT2D eigenvalue weighted by atomic mass is 9.43. The van der Waals surface area contributed by atoms with E-state index >= 15 is 0 Å². The molecular weight excluding hydrogens is 495 g/mol. The van der Waals surface area contributed by atoms with Crippen LogP contribution >= 0.6 is 0 Å². The number of nitrogens with one attached hydrogen (secondary N) is 1. The molecule has 0 bridgehead atoms. The molecule has 0 aromatic heterocycles. The van der Waals surface area contributed by atoms with Gasteiger partial charge in [0.15, 0.2) is 17.5 Å². The normalized spacial score (nSPS) is 43.1. The number of rotatable bonds is 5. The molecule has 0 aliphatic heterocycles. The number of benzene rings is 1. The van der Waals surface area contributed by atoms with Crippen molar-refractivity contribution in [2.24, 2.45) is 46.3 Å². The van der Waals surface area contributed by atoms with E-state index < -0.39 is 35.6 Å². The van der Waals surface area contributed by atoms with Gasteiger partial charge >= 0.3 is 0 Å². The first-order chi connectivity index (χ1) is 17.9. The van der Waals surface area contributed by atoms with Crippen molar-refractivity contribution in [3.05, 3.63) is 29.6 Å². The molecule has 0 spiro atoms. The summed E-state index contributed by atoms with van der Waals surface area (Å²) in [5, 5.41) is 35.7. The van der Waals surface area contributed by atoms with Gasteiger partial charge in [-0.25, -0.2) is 13.2 Å². The Kier molecular flexibility index (Phi) is 7.40. The van der Waals surface area contributed by atoms with Crippen molar-refractivity contribution in [1.29, 1.82) is 0 Å². The minimum Gasteiger partial charge on any atom is -0.393 e. The van der Waals surface area contributed by atoms with Gasteiger partial charge in [0.1, 0.15) is 0 Å². The third-order valence-electron chi connectivity index (χ3n) is 11.7. The lowest BCUT2D eigenvalue weighted by Gasteiger charge is -2.63. The second kappa shape index (κ2) is 10.1. The van der Waals surface area contributed by atoms with Crippen LogP contribution in [0.3, 0.4) is 0 Å². The van der Waals surface area contributed by atoms with Gasteiger partial charge in [-0.1, -0.05) is 20.8 Å². The van der Waals surface area contributed by atoms with Gasteiger partial charge in [-0.15, -0.1) is 0 Å². The molecule has 0 heterocycles. The third kappa shape index (κ3) is 4.39. The second-order valence-electron chi connectivity index (χ2n) is 13.3. The fraction of sp³-hybridized carbons (Fsp3) is 0.767. The summed E-state index contributed by atoms with van der Waals surface area (Å²) in [4.78, 5) is 12.5. The summed E-state index contributed by atoms with van der Waals surface area (Å²) in [5.74, 6) is -3.72. The van der Waals surface area contributed by atoms with Gasteiger partial charge in [0, 0.05) is 6.42 Å². The third-order valence-corrected chi connectivity index (χ3v) is 11.7. The summed E-state index contributed by atoms with van der Waals surface area (Å²) in [6.45, 7) is 6.56. The first kappa shape index (κ1) is 27.9. The van der Waals surface area contributed by atoms with Crippen molar-refractivity contribution in [2.75, 3.05) is 5.32 Å². The predicted octanol–water partition coefficient (Wildman–Crippen LogP) is 5.42. The molecule has 4 aliphatic carbocycles. The van der Waals surface area contributed by atoms with Crippen LogP contribution in [0, 0.1) is 63.8 Å². The second-order valence-corrected chi connectivity index (χ2v) is 13.3. The van der Waals surface area contributed by atoms with Crippen LogP contribution < -0.4 is 5.32 Å². The first-order valence-corrected chi connectivity index (χ1v) is 14.4. The smallest absolute Gasteiger partial charge is 0.224 e. The molecule has 1 amide bonds. The van der Waals surface area contributed by atoms with Crippen molar-refractivity contribution in [3.8, 4) is 0 Å². The fourth-order valence-electron chi connectivity index (χ4n) is 9.53. The lowest BCUT2D eigenvalue weighted by Crippen LogP contribution is -2.62. The molecular formula is C30H42F3NO4. The monoisotopic (exact) mass is 537 g/mol. The number of aliphatic hydroxyl groups is 3. The van der Waals surface area contributed by atoms with E-state index in [9.17, 15) is 33.3 Å². The van der Waals surface area contributed by atoms with E-state index in [0.29, 0.717) is 19.3 Å². The summed E-state index contributed by atoms with van der Waals surface area (Å²) < 4.78 is 40.7. The number of anilines is 1. The summed E-state index contributed by atoms with van der Waals surface area (Å²) in [6, 6.07) is 1.80. The van der Waals surface area contributed by atoms with Gasteiger partial charge < -0.3 is 20.6 Å². The molecule has 1 aromatic carbocycles. The van der Waals surface area contributed by atoms with Gasteiger partial charge in [-0.05, 0) is 110 Å². The van der Waals surface area contributed by atoms with Gasteiger partial charge in [0.2, 0.25) is 5.91 Å². The zero-order chi connectivity index (χ0) is 27.6. The zero-order valence-corrected chi connectivity index (χ0v) is 22.6. The Morgan fingerprint density at radius 2 is 1.76 bits per heavy atom. The van der Waals surface area contributed by atoms with Crippen LogP contribution in [0.5, 0.6) is 0 Å². The molecule has 4 aliphatic rings. The van der Waals surface area contributed by atoms with Crippen LogP contribution in [0.15, 0.2) is 12.1 Å². The predicted molar refractivity (Wildman–Crippen MR) is 137 cm³/mol. The lowest BCUT2D eigenvalue weighted by molar-refractivity contribution is -0.207. The van der Waals surface area contributed by atoms with Gasteiger partial charge in [-0.2, -0.15) is 0 Å². The Morgan fingerprint density at radius 1 is 1.03 bits per heavy atom. The summed E-state index contributed by atoms with van der Waals surface area (Å²) in [5.41, 5.74) is -0.735. The number of carbonyl (C=O) groups excluding carboxylic acids is 1. The maximum Gasteiger partial charge on any atom is 0.224 e. The average molecular weight is 538 g/mol. The molecule has 8 heteroatoms. The van der Waals surface area contributed by atoms with E-state index in [1.54, 1.807) is 0 Å². The molecule has 11 atom stereocenters. The Bertz CT molecular complexity index is 1070. The molecule has 5 rings (SSSR count). The molecule has 212 valence electrons.